The number of nitrogens with zero attached hydrogens (tertiary/aromatic N) is 5. The minimum absolute atomic E-state index is 0.0165. The lowest BCUT2D eigenvalue weighted by atomic mass is 10.0. The lowest BCUT2D eigenvalue weighted by Gasteiger charge is -2.35. The number of aliphatic hydroxyl groups excluding tert-OH is 1. The molecule has 2 N–H and O–H groups in total. The van der Waals surface area contributed by atoms with Crippen molar-refractivity contribution >= 4 is 17.6 Å². The van der Waals surface area contributed by atoms with Gasteiger partial charge in [-0.1, -0.05) is 18.2 Å². The van der Waals surface area contributed by atoms with Crippen molar-refractivity contribution in [3.8, 4) is 0 Å². The second kappa shape index (κ2) is 12.4. The number of aromatic nitrogens is 3. The van der Waals surface area contributed by atoms with E-state index >= 15 is 0 Å². The van der Waals surface area contributed by atoms with Gasteiger partial charge in [0.05, 0.1) is 42.8 Å². The van der Waals surface area contributed by atoms with E-state index in [1.807, 2.05) is 6.92 Å². The van der Waals surface area contributed by atoms with Crippen molar-refractivity contribution in [3.63, 3.8) is 0 Å². The SMILES string of the molecule is C[C@@H]1CN([C@@H](C)CO)C(=O)CCCn2nncc2CO[C@@H]1CN(C)C(=O)Nc1cccc(C(F)(F)F)c1. The molecule has 2 heterocycles. The number of amides is 3. The number of halogens is 3. The molecule has 1 aliphatic heterocycles. The fourth-order valence-corrected chi connectivity index (χ4v) is 4.09. The number of urea groups is 1. The average Bonchev–Trinajstić information content (AvgIpc) is 3.30. The monoisotopic (exact) mass is 526 g/mol. The topological polar surface area (TPSA) is 113 Å². The number of carbonyl (C=O) groups excluding carboxylic acids is 2. The highest BCUT2D eigenvalue weighted by atomic mass is 19.4. The summed E-state index contributed by atoms with van der Waals surface area (Å²) in [4.78, 5) is 28.7. The Bertz CT molecular complexity index is 1060. The number of rotatable bonds is 5. The number of ether oxygens (including phenoxy) is 1. The molecule has 0 unspecified atom stereocenters. The maximum absolute atomic E-state index is 13.0. The summed E-state index contributed by atoms with van der Waals surface area (Å²) in [6.45, 7) is 4.50. The maximum Gasteiger partial charge on any atom is 0.416 e. The molecule has 3 amide bonds. The molecule has 13 heteroatoms. The molecule has 37 heavy (non-hydrogen) atoms. The van der Waals surface area contributed by atoms with Crippen LogP contribution in [-0.2, 0) is 28.9 Å². The summed E-state index contributed by atoms with van der Waals surface area (Å²) >= 11 is 0. The predicted octanol–water partition coefficient (Wildman–Crippen LogP) is 2.99. The molecule has 1 aromatic carbocycles. The van der Waals surface area contributed by atoms with Gasteiger partial charge in [0.15, 0.2) is 0 Å². The van der Waals surface area contributed by atoms with Crippen molar-refractivity contribution in [2.45, 2.75) is 58.2 Å². The van der Waals surface area contributed by atoms with E-state index in [4.69, 9.17) is 4.74 Å². The summed E-state index contributed by atoms with van der Waals surface area (Å²) in [6, 6.07) is 3.40. The minimum atomic E-state index is -4.53. The lowest BCUT2D eigenvalue weighted by molar-refractivity contribution is -0.137. The van der Waals surface area contributed by atoms with Crippen molar-refractivity contribution in [2.75, 3.05) is 32.1 Å². The van der Waals surface area contributed by atoms with Crippen LogP contribution < -0.4 is 5.32 Å². The highest BCUT2D eigenvalue weighted by Gasteiger charge is 2.31. The number of hydrogen-bond acceptors (Lipinski definition) is 6. The van der Waals surface area contributed by atoms with Crippen LogP contribution in [0.3, 0.4) is 0 Å². The summed E-state index contributed by atoms with van der Waals surface area (Å²) in [5, 5.41) is 20.2. The van der Waals surface area contributed by atoms with E-state index < -0.39 is 29.9 Å². The normalized spacial score (nSPS) is 20.4. The van der Waals surface area contributed by atoms with Crippen LogP contribution in [0, 0.1) is 5.92 Å². The second-order valence-corrected chi connectivity index (χ2v) is 9.35. The van der Waals surface area contributed by atoms with Crippen LogP contribution in [0.15, 0.2) is 30.5 Å². The molecular formula is C24H33F3N6O4. The molecule has 0 radical (unpaired) electrons. The number of likely N-dealkylation sites (N-methyl/N-ethyl adjacent to an activating group) is 1. The van der Waals surface area contributed by atoms with Gasteiger partial charge in [0, 0.05) is 44.7 Å². The third-order valence-electron chi connectivity index (χ3n) is 6.38. The van der Waals surface area contributed by atoms with Gasteiger partial charge in [-0.2, -0.15) is 13.2 Å². The molecule has 1 aromatic heterocycles. The highest BCUT2D eigenvalue weighted by molar-refractivity contribution is 5.89. The molecule has 0 bridgehead atoms. The highest BCUT2D eigenvalue weighted by Crippen LogP contribution is 2.30. The summed E-state index contributed by atoms with van der Waals surface area (Å²) in [5.74, 6) is -0.351. The first-order chi connectivity index (χ1) is 17.5. The molecule has 2 aromatic rings. The molecule has 0 spiro atoms. The van der Waals surface area contributed by atoms with Crippen LogP contribution in [0.2, 0.25) is 0 Å². The van der Waals surface area contributed by atoms with Crippen LogP contribution in [0.4, 0.5) is 23.7 Å². The number of anilines is 1. The van der Waals surface area contributed by atoms with Crippen molar-refractivity contribution in [3.05, 3.63) is 41.7 Å². The number of aryl methyl sites for hydroxylation is 1. The number of aliphatic hydroxyl groups is 1. The first-order valence-corrected chi connectivity index (χ1v) is 12.1. The average molecular weight is 527 g/mol. The van der Waals surface area contributed by atoms with Gasteiger partial charge in [-0.3, -0.25) is 4.79 Å². The van der Waals surface area contributed by atoms with Crippen LogP contribution in [0.5, 0.6) is 0 Å². The van der Waals surface area contributed by atoms with Crippen LogP contribution in [-0.4, -0.2) is 80.7 Å². The van der Waals surface area contributed by atoms with Gasteiger partial charge in [0.2, 0.25) is 5.91 Å². The van der Waals surface area contributed by atoms with Crippen LogP contribution >= 0.6 is 0 Å². The molecule has 0 saturated carbocycles. The quantitative estimate of drug-likeness (QED) is 0.620. The van der Waals surface area contributed by atoms with E-state index in [0.717, 1.165) is 17.8 Å². The van der Waals surface area contributed by atoms with Crippen LogP contribution in [0.25, 0.3) is 0 Å². The summed E-state index contributed by atoms with van der Waals surface area (Å²) < 4.78 is 46.9. The third-order valence-corrected chi connectivity index (χ3v) is 6.38. The van der Waals surface area contributed by atoms with E-state index in [0.29, 0.717) is 19.5 Å². The Labute approximate surface area is 213 Å². The lowest BCUT2D eigenvalue weighted by Crippen LogP contribution is -2.48. The second-order valence-electron chi connectivity index (χ2n) is 9.35. The Balaban J connectivity index is 1.77. The van der Waals surface area contributed by atoms with Gasteiger partial charge >= 0.3 is 12.2 Å². The molecule has 204 valence electrons. The molecule has 10 nitrogen and oxygen atoms in total. The number of carbonyl (C=O) groups is 2. The molecule has 0 saturated heterocycles. The fourth-order valence-electron chi connectivity index (χ4n) is 4.09. The van der Waals surface area contributed by atoms with Crippen molar-refractivity contribution in [1.82, 2.24) is 24.8 Å². The molecule has 3 rings (SSSR count). The number of benzene rings is 1. The van der Waals surface area contributed by atoms with Gasteiger partial charge < -0.3 is 25.0 Å². The Kier molecular flexibility index (Phi) is 9.49. The van der Waals surface area contributed by atoms with E-state index in [9.17, 15) is 27.9 Å². The standard InChI is InChI=1S/C24H33F3N6O4/c1-16-12-32(17(2)14-34)22(35)8-5-9-33-20(11-28-30-33)15-37-21(16)13-31(3)23(36)29-19-7-4-6-18(10-19)24(25,26)27/h4,6-7,10-11,16-17,21,34H,5,8-9,12-15H2,1-3H3,(H,29,36)/t16-,17+,21-/m1/s1. The number of nitrogens with one attached hydrogen (secondary N) is 1. The van der Waals surface area contributed by atoms with Crippen molar-refractivity contribution < 1.29 is 32.6 Å². The molecule has 0 aliphatic carbocycles. The molecule has 3 atom stereocenters. The molecule has 0 fully saturated rings. The van der Waals surface area contributed by atoms with E-state index in [2.05, 4.69) is 15.6 Å². The number of fused-ring (bicyclic) bond motifs is 1. The van der Waals surface area contributed by atoms with E-state index in [-0.39, 0.29) is 43.7 Å². The molecule has 1 aliphatic rings. The van der Waals surface area contributed by atoms with Gasteiger partial charge in [0.25, 0.3) is 0 Å². The largest absolute Gasteiger partial charge is 0.416 e. The summed E-state index contributed by atoms with van der Waals surface area (Å²) in [6.07, 6.45) is -2.65. The van der Waals surface area contributed by atoms with Gasteiger partial charge in [0.1, 0.15) is 0 Å². The van der Waals surface area contributed by atoms with E-state index in [1.165, 1.54) is 24.1 Å². The van der Waals surface area contributed by atoms with Gasteiger partial charge in [-0.25, -0.2) is 9.48 Å². The van der Waals surface area contributed by atoms with Crippen molar-refractivity contribution in [1.29, 1.82) is 0 Å². The first-order valence-electron chi connectivity index (χ1n) is 12.1. The Hall–Kier alpha value is -3.19. The molecular weight excluding hydrogens is 493 g/mol. The van der Waals surface area contributed by atoms with Crippen molar-refractivity contribution in [2.24, 2.45) is 5.92 Å². The smallest absolute Gasteiger partial charge is 0.394 e. The third kappa shape index (κ3) is 7.65. The van der Waals surface area contributed by atoms with E-state index in [1.54, 1.807) is 22.7 Å². The Morgan fingerprint density at radius 3 is 2.84 bits per heavy atom. The summed E-state index contributed by atoms with van der Waals surface area (Å²) in [7, 11) is 1.51. The summed E-state index contributed by atoms with van der Waals surface area (Å²) in [5.41, 5.74) is -0.123. The first kappa shape index (κ1) is 28.4. The van der Waals surface area contributed by atoms with Gasteiger partial charge in [-0.15, -0.1) is 5.10 Å². The number of alkyl halides is 3. The van der Waals surface area contributed by atoms with Crippen LogP contribution in [0.1, 0.15) is 37.9 Å². The fraction of sp³-hybridized carbons (Fsp3) is 0.583. The Morgan fingerprint density at radius 2 is 2.14 bits per heavy atom. The zero-order chi connectivity index (χ0) is 27.2. The Morgan fingerprint density at radius 1 is 1.38 bits per heavy atom. The zero-order valence-electron chi connectivity index (χ0n) is 21.1. The van der Waals surface area contributed by atoms with Gasteiger partial charge in [-0.05, 0) is 31.5 Å². The predicted molar refractivity (Wildman–Crippen MR) is 128 cm³/mol. The minimum Gasteiger partial charge on any atom is -0.394 e. The maximum atomic E-state index is 13.0. The number of hydrogen-bond donors (Lipinski definition) is 2. The zero-order valence-corrected chi connectivity index (χ0v) is 21.1.